The number of aromatic nitrogens is 2. The molecule has 0 aliphatic carbocycles. The Morgan fingerprint density at radius 1 is 1.40 bits per heavy atom. The summed E-state index contributed by atoms with van der Waals surface area (Å²) in [6.07, 6.45) is -3.95. The highest BCUT2D eigenvalue weighted by Gasteiger charge is 2.44. The molecule has 0 radical (unpaired) electrons. The molecule has 0 bridgehead atoms. The van der Waals surface area contributed by atoms with Gasteiger partial charge in [0.15, 0.2) is 12.0 Å². The van der Waals surface area contributed by atoms with Crippen LogP contribution in [0.15, 0.2) is 11.1 Å². The Morgan fingerprint density at radius 2 is 2.15 bits per heavy atom. The molecule has 5 N–H and O–H groups in total. The molecule has 0 amide bonds. The number of nitrogens with one attached hydrogen (secondary N) is 1. The number of ether oxygens (including phenoxy) is 1. The van der Waals surface area contributed by atoms with Gasteiger partial charge in [0.2, 0.25) is 5.69 Å². The molecule has 1 saturated heterocycles. The summed E-state index contributed by atoms with van der Waals surface area (Å²) >= 11 is 0. The third kappa shape index (κ3) is 1.76. The van der Waals surface area contributed by atoms with E-state index in [1.807, 2.05) is 0 Å². The van der Waals surface area contributed by atoms with Gasteiger partial charge in [-0.2, -0.15) is 0 Å². The summed E-state index contributed by atoms with van der Waals surface area (Å²) in [7, 11) is 0. The van der Waals surface area contributed by atoms with Crippen LogP contribution >= 0.6 is 0 Å². The van der Waals surface area contributed by atoms with Crippen LogP contribution in [-0.4, -0.2) is 55.0 Å². The lowest BCUT2D eigenvalue weighted by molar-refractivity contribution is -0.0551. The molecule has 1 aromatic heterocycles. The van der Waals surface area contributed by atoms with Gasteiger partial charge in [0, 0.05) is 0 Å². The smallest absolute Gasteiger partial charge is 0.286 e. The molecule has 1 aromatic rings. The molecular formula is C9H12N4O7. The van der Waals surface area contributed by atoms with Crippen LogP contribution in [-0.2, 0) is 9.68 Å². The first-order valence-corrected chi connectivity index (χ1v) is 5.70. The monoisotopic (exact) mass is 288 g/mol. The van der Waals surface area contributed by atoms with Gasteiger partial charge < -0.3 is 20.1 Å². The lowest BCUT2D eigenvalue weighted by Gasteiger charge is -2.17. The molecule has 0 spiro atoms. The standard InChI is InChI=1S/C9H12N4O7/c14-1-3-5(15)6(16)9(19-3)12-2-10-7-4(8(12)17)13(18)20-11-7/h2-3,5-6,9,11,14-16,18H,1H2/t3-,5+,6-,9+/m0/s1. The number of anilines is 2. The van der Waals surface area contributed by atoms with Crippen LogP contribution in [0.25, 0.3) is 0 Å². The number of nitrogens with zero attached hydrogens (tertiary/aromatic N) is 3. The minimum Gasteiger partial charge on any atom is -0.394 e. The van der Waals surface area contributed by atoms with Gasteiger partial charge in [-0.25, -0.2) is 10.5 Å². The first-order valence-electron chi connectivity index (χ1n) is 5.70. The van der Waals surface area contributed by atoms with Crippen molar-refractivity contribution >= 4 is 11.5 Å². The van der Waals surface area contributed by atoms with Crippen molar-refractivity contribution < 1.29 is 30.2 Å². The normalized spacial score (nSPS) is 32.3. The van der Waals surface area contributed by atoms with Gasteiger partial charge in [-0.3, -0.25) is 14.6 Å². The van der Waals surface area contributed by atoms with Crippen molar-refractivity contribution in [3.63, 3.8) is 0 Å². The quantitative estimate of drug-likeness (QED) is 0.389. The third-order valence-corrected chi connectivity index (χ3v) is 3.18. The Hall–Kier alpha value is -1.76. The average Bonchev–Trinajstić information content (AvgIpc) is 2.94. The molecule has 0 unspecified atom stereocenters. The van der Waals surface area contributed by atoms with Crippen LogP contribution in [0.2, 0.25) is 0 Å². The van der Waals surface area contributed by atoms with Crippen LogP contribution in [0.3, 0.4) is 0 Å². The minimum absolute atomic E-state index is 0.000457. The van der Waals surface area contributed by atoms with E-state index >= 15 is 0 Å². The first-order chi connectivity index (χ1) is 9.54. The summed E-state index contributed by atoms with van der Waals surface area (Å²) in [6.45, 7) is -0.515. The van der Waals surface area contributed by atoms with E-state index in [0.29, 0.717) is 0 Å². The molecule has 2 aliphatic rings. The predicted molar refractivity (Wildman–Crippen MR) is 60.5 cm³/mol. The number of aliphatic hydroxyl groups excluding tert-OH is 3. The summed E-state index contributed by atoms with van der Waals surface area (Å²) in [5.74, 6) is 0.000457. The molecule has 0 aromatic carbocycles. The summed E-state index contributed by atoms with van der Waals surface area (Å²) in [4.78, 5) is 20.5. The first kappa shape index (κ1) is 13.2. The molecule has 11 heteroatoms. The molecule has 3 heterocycles. The fourth-order valence-corrected chi connectivity index (χ4v) is 2.13. The number of hydrogen-bond donors (Lipinski definition) is 5. The molecule has 0 saturated carbocycles. The molecule has 4 atom stereocenters. The molecule has 11 nitrogen and oxygen atoms in total. The van der Waals surface area contributed by atoms with Crippen LogP contribution in [0.1, 0.15) is 6.23 Å². The summed E-state index contributed by atoms with van der Waals surface area (Å²) in [5.41, 5.74) is 1.17. The van der Waals surface area contributed by atoms with Crippen molar-refractivity contribution in [1.29, 1.82) is 0 Å². The zero-order valence-corrected chi connectivity index (χ0v) is 9.95. The van der Waals surface area contributed by atoms with E-state index in [1.54, 1.807) is 0 Å². The SMILES string of the molecule is O=c1c2c(ncn1[C@@H]1O[C@@H](CO)[C@@H](O)[C@@H]1O)NON2O. The Morgan fingerprint density at radius 3 is 2.80 bits per heavy atom. The van der Waals surface area contributed by atoms with E-state index in [0.717, 1.165) is 10.9 Å². The number of hydrogen-bond acceptors (Lipinski definition) is 10. The zero-order valence-electron chi connectivity index (χ0n) is 9.95. The predicted octanol–water partition coefficient (Wildman–Crippen LogP) is -2.68. The average molecular weight is 288 g/mol. The minimum atomic E-state index is -1.42. The second-order valence-electron chi connectivity index (χ2n) is 4.35. The largest absolute Gasteiger partial charge is 0.394 e. The van der Waals surface area contributed by atoms with E-state index in [2.05, 4.69) is 15.4 Å². The summed E-state index contributed by atoms with van der Waals surface area (Å²) in [5, 5.41) is 38.1. The maximum atomic E-state index is 12.2. The van der Waals surface area contributed by atoms with Crippen molar-refractivity contribution in [2.24, 2.45) is 0 Å². The number of aliphatic hydroxyl groups is 3. The zero-order chi connectivity index (χ0) is 14.4. The molecule has 1 fully saturated rings. The summed E-state index contributed by atoms with van der Waals surface area (Å²) in [6, 6.07) is 0. The number of rotatable bonds is 2. The Labute approximate surface area is 111 Å². The van der Waals surface area contributed by atoms with Crippen LogP contribution < -0.4 is 16.3 Å². The van der Waals surface area contributed by atoms with E-state index in [-0.39, 0.29) is 16.7 Å². The van der Waals surface area contributed by atoms with Crippen LogP contribution in [0.4, 0.5) is 11.5 Å². The van der Waals surface area contributed by atoms with E-state index in [9.17, 15) is 20.2 Å². The molecule has 110 valence electrons. The Bertz CT molecular complexity index is 578. The number of fused-ring (bicyclic) bond motifs is 1. The lowest BCUT2D eigenvalue weighted by atomic mass is 10.1. The second-order valence-corrected chi connectivity index (χ2v) is 4.35. The van der Waals surface area contributed by atoms with Gasteiger partial charge in [0.25, 0.3) is 5.56 Å². The highest BCUT2D eigenvalue weighted by atomic mass is 17.0. The van der Waals surface area contributed by atoms with E-state index in [1.165, 1.54) is 0 Å². The van der Waals surface area contributed by atoms with Crippen molar-refractivity contribution in [3.8, 4) is 0 Å². The van der Waals surface area contributed by atoms with Crippen molar-refractivity contribution in [2.45, 2.75) is 24.5 Å². The van der Waals surface area contributed by atoms with Gasteiger partial charge in [-0.15, -0.1) is 4.94 Å². The molecule has 3 rings (SSSR count). The third-order valence-electron chi connectivity index (χ3n) is 3.18. The topological polar surface area (TPSA) is 150 Å². The highest BCUT2D eigenvalue weighted by molar-refractivity contribution is 5.63. The Balaban J connectivity index is 2.00. The Kier molecular flexibility index (Phi) is 3.08. The fourth-order valence-electron chi connectivity index (χ4n) is 2.13. The van der Waals surface area contributed by atoms with Gasteiger partial charge in [-0.1, -0.05) is 5.23 Å². The summed E-state index contributed by atoms with van der Waals surface area (Å²) < 4.78 is 6.10. The van der Waals surface area contributed by atoms with Crippen LogP contribution in [0, 0.1) is 0 Å². The van der Waals surface area contributed by atoms with Gasteiger partial charge in [-0.05, 0) is 0 Å². The highest BCUT2D eigenvalue weighted by Crippen LogP contribution is 2.30. The van der Waals surface area contributed by atoms with E-state index < -0.39 is 36.7 Å². The maximum absolute atomic E-state index is 12.2. The second kappa shape index (κ2) is 4.66. The fraction of sp³-hybridized carbons (Fsp3) is 0.556. The van der Waals surface area contributed by atoms with Gasteiger partial charge >= 0.3 is 0 Å². The van der Waals surface area contributed by atoms with Crippen molar-refractivity contribution in [2.75, 3.05) is 17.3 Å². The van der Waals surface area contributed by atoms with Gasteiger partial charge in [0.05, 0.1) is 6.61 Å². The lowest BCUT2D eigenvalue weighted by Crippen LogP contribution is -2.36. The van der Waals surface area contributed by atoms with Crippen LogP contribution in [0.5, 0.6) is 0 Å². The molecule has 20 heavy (non-hydrogen) atoms. The van der Waals surface area contributed by atoms with Crippen molar-refractivity contribution in [1.82, 2.24) is 9.55 Å². The van der Waals surface area contributed by atoms with Gasteiger partial charge in [0.1, 0.15) is 24.6 Å². The van der Waals surface area contributed by atoms with E-state index in [4.69, 9.17) is 9.84 Å². The molecule has 2 aliphatic heterocycles. The molecular weight excluding hydrogens is 276 g/mol. The maximum Gasteiger partial charge on any atom is 0.286 e. The van der Waals surface area contributed by atoms with Crippen molar-refractivity contribution in [3.05, 3.63) is 16.7 Å².